The van der Waals surface area contributed by atoms with Gasteiger partial charge >= 0.3 is 0 Å². The van der Waals surface area contributed by atoms with Crippen molar-refractivity contribution in [2.75, 3.05) is 0 Å². The Kier molecular flexibility index (Phi) is 2.59. The number of nitrogens with one attached hydrogen (secondary N) is 1. The maximum absolute atomic E-state index is 5.75. The Morgan fingerprint density at radius 3 is 2.86 bits per heavy atom. The largest absolute Gasteiger partial charge is 0.346 e. The van der Waals surface area contributed by atoms with Gasteiger partial charge in [0.2, 0.25) is 0 Å². The number of nitrogens with two attached hydrogens (primary N) is 1. The van der Waals surface area contributed by atoms with E-state index in [-0.39, 0.29) is 0 Å². The monoisotopic (exact) mass is 193 g/mol. The average Bonchev–Trinajstić information content (AvgIpc) is 2.46. The summed E-state index contributed by atoms with van der Waals surface area (Å²) in [7, 11) is 0. The van der Waals surface area contributed by atoms with Crippen LogP contribution in [0.15, 0.2) is 6.20 Å². The molecule has 1 aromatic heterocycles. The van der Waals surface area contributed by atoms with Gasteiger partial charge in [0.25, 0.3) is 0 Å². The predicted octanol–water partition coefficient (Wildman–Crippen LogP) is 1.81. The number of H-pyrrole nitrogens is 1. The van der Waals surface area contributed by atoms with Crippen LogP contribution in [0.2, 0.25) is 0 Å². The number of aromatic nitrogens is 2. The summed E-state index contributed by atoms with van der Waals surface area (Å²) in [5, 5.41) is 0. The Balaban J connectivity index is 1.96. The highest BCUT2D eigenvalue weighted by atomic mass is 14.9. The van der Waals surface area contributed by atoms with Crippen molar-refractivity contribution in [3.05, 3.63) is 17.7 Å². The minimum absolute atomic E-state index is 0.402. The second kappa shape index (κ2) is 3.73. The lowest BCUT2D eigenvalue weighted by molar-refractivity contribution is 0.339. The summed E-state index contributed by atoms with van der Waals surface area (Å²) in [4.78, 5) is 7.81. The van der Waals surface area contributed by atoms with E-state index in [1.165, 1.54) is 5.69 Å². The average molecular weight is 193 g/mol. The number of hydrogen-bond acceptors (Lipinski definition) is 2. The van der Waals surface area contributed by atoms with E-state index in [1.54, 1.807) is 0 Å². The molecule has 0 aliphatic heterocycles. The minimum atomic E-state index is 0.402. The zero-order valence-electron chi connectivity index (χ0n) is 8.96. The normalized spacial score (nSPS) is 26.6. The van der Waals surface area contributed by atoms with Crippen molar-refractivity contribution in [3.63, 3.8) is 0 Å². The summed E-state index contributed by atoms with van der Waals surface area (Å²) in [5.74, 6) is 2.42. The fourth-order valence-electron chi connectivity index (χ4n) is 2.01. The van der Waals surface area contributed by atoms with Gasteiger partial charge in [-0.05, 0) is 25.2 Å². The molecule has 2 rings (SSSR count). The molecule has 1 saturated carbocycles. The molecule has 1 fully saturated rings. The quantitative estimate of drug-likeness (QED) is 0.769. The lowest BCUT2D eigenvalue weighted by Crippen LogP contribution is -2.35. The zero-order chi connectivity index (χ0) is 10.1. The highest BCUT2D eigenvalue weighted by Gasteiger charge is 2.29. The molecule has 14 heavy (non-hydrogen) atoms. The number of aromatic amines is 1. The topological polar surface area (TPSA) is 54.7 Å². The molecule has 0 atom stereocenters. The molecule has 78 valence electrons. The first-order valence-electron chi connectivity index (χ1n) is 5.44. The summed E-state index contributed by atoms with van der Waals surface area (Å²) >= 11 is 0. The van der Waals surface area contributed by atoms with E-state index in [1.807, 2.05) is 6.20 Å². The molecule has 3 N–H and O–H groups in total. The third kappa shape index (κ3) is 1.98. The lowest BCUT2D eigenvalue weighted by Gasteiger charge is -2.30. The van der Waals surface area contributed by atoms with Crippen LogP contribution < -0.4 is 5.73 Å². The highest BCUT2D eigenvalue weighted by Crippen LogP contribution is 2.33. The van der Waals surface area contributed by atoms with Gasteiger partial charge in [0.15, 0.2) is 0 Å². The van der Waals surface area contributed by atoms with Crippen molar-refractivity contribution in [1.29, 1.82) is 0 Å². The predicted molar refractivity (Wildman–Crippen MR) is 57.1 cm³/mol. The Hall–Kier alpha value is -0.830. The van der Waals surface area contributed by atoms with Crippen molar-refractivity contribution in [2.45, 2.75) is 45.1 Å². The van der Waals surface area contributed by atoms with Crippen molar-refractivity contribution >= 4 is 0 Å². The van der Waals surface area contributed by atoms with E-state index in [2.05, 4.69) is 23.8 Å². The van der Waals surface area contributed by atoms with Crippen molar-refractivity contribution in [1.82, 2.24) is 9.97 Å². The molecular formula is C11H19N3. The third-order valence-corrected chi connectivity index (χ3v) is 2.84. The van der Waals surface area contributed by atoms with E-state index in [9.17, 15) is 0 Å². The molecule has 3 nitrogen and oxygen atoms in total. The van der Waals surface area contributed by atoms with Gasteiger partial charge in [-0.2, -0.15) is 0 Å². The molecule has 0 radical (unpaired) electrons. The summed E-state index contributed by atoms with van der Waals surface area (Å²) in [5.41, 5.74) is 7.01. The first-order valence-corrected chi connectivity index (χ1v) is 5.44. The maximum Gasteiger partial charge on any atom is 0.109 e. The van der Waals surface area contributed by atoms with Crippen LogP contribution in [-0.2, 0) is 6.42 Å². The van der Waals surface area contributed by atoms with E-state index in [0.29, 0.717) is 17.9 Å². The second-order valence-electron chi connectivity index (χ2n) is 4.82. The molecule has 0 aromatic carbocycles. The van der Waals surface area contributed by atoms with Crippen LogP contribution in [0, 0.1) is 5.92 Å². The van der Waals surface area contributed by atoms with E-state index in [4.69, 9.17) is 5.73 Å². The first kappa shape index (κ1) is 9.71. The van der Waals surface area contributed by atoms with Crippen molar-refractivity contribution in [2.24, 2.45) is 11.7 Å². The van der Waals surface area contributed by atoms with Crippen molar-refractivity contribution < 1.29 is 0 Å². The zero-order valence-corrected chi connectivity index (χ0v) is 8.96. The molecule has 0 saturated heterocycles. The Bertz CT molecular complexity index is 297. The molecule has 0 unspecified atom stereocenters. The maximum atomic E-state index is 5.75. The molecule has 1 heterocycles. The third-order valence-electron chi connectivity index (χ3n) is 2.84. The first-order chi connectivity index (χ1) is 6.65. The second-order valence-corrected chi connectivity index (χ2v) is 4.82. The summed E-state index contributed by atoms with van der Waals surface area (Å²) in [6.45, 7) is 4.44. The number of hydrogen-bond donors (Lipinski definition) is 2. The molecule has 0 spiro atoms. The molecular weight excluding hydrogens is 174 g/mol. The fraction of sp³-hybridized carbons (Fsp3) is 0.727. The molecule has 1 aliphatic rings. The minimum Gasteiger partial charge on any atom is -0.346 e. The number of rotatable bonds is 3. The summed E-state index contributed by atoms with van der Waals surface area (Å²) in [6, 6.07) is 0.402. The van der Waals surface area contributed by atoms with Gasteiger partial charge in [0.1, 0.15) is 5.82 Å². The van der Waals surface area contributed by atoms with Crippen LogP contribution >= 0.6 is 0 Å². The van der Waals surface area contributed by atoms with Crippen LogP contribution in [0.25, 0.3) is 0 Å². The summed E-state index contributed by atoms with van der Waals surface area (Å²) in [6.07, 6.45) is 5.24. The van der Waals surface area contributed by atoms with Gasteiger partial charge in [-0.1, -0.05) is 13.8 Å². The van der Waals surface area contributed by atoms with Crippen LogP contribution in [-0.4, -0.2) is 16.0 Å². The van der Waals surface area contributed by atoms with Crippen LogP contribution in [0.5, 0.6) is 0 Å². The SMILES string of the molecule is CC(C)Cc1cnc(C2CC(N)C2)[nH]1. The Labute approximate surface area is 85.1 Å². The highest BCUT2D eigenvalue weighted by molar-refractivity contribution is 5.10. The van der Waals surface area contributed by atoms with E-state index >= 15 is 0 Å². The molecule has 1 aliphatic carbocycles. The van der Waals surface area contributed by atoms with Gasteiger partial charge in [-0.15, -0.1) is 0 Å². The Morgan fingerprint density at radius 2 is 2.29 bits per heavy atom. The van der Waals surface area contributed by atoms with E-state index < -0.39 is 0 Å². The van der Waals surface area contributed by atoms with Gasteiger partial charge in [-0.3, -0.25) is 0 Å². The smallest absolute Gasteiger partial charge is 0.109 e. The van der Waals surface area contributed by atoms with E-state index in [0.717, 1.165) is 25.1 Å². The number of nitrogens with zero attached hydrogens (tertiary/aromatic N) is 1. The molecule has 3 heteroatoms. The standard InChI is InChI=1S/C11H19N3/c1-7(2)3-10-6-13-11(14-10)8-4-9(12)5-8/h6-9H,3-5,12H2,1-2H3,(H,13,14). The summed E-state index contributed by atoms with van der Waals surface area (Å²) < 4.78 is 0. The fourth-order valence-corrected chi connectivity index (χ4v) is 2.01. The van der Waals surface area contributed by atoms with Gasteiger partial charge in [-0.25, -0.2) is 4.98 Å². The molecule has 0 bridgehead atoms. The van der Waals surface area contributed by atoms with Crippen LogP contribution in [0.3, 0.4) is 0 Å². The van der Waals surface area contributed by atoms with Gasteiger partial charge in [0, 0.05) is 23.9 Å². The van der Waals surface area contributed by atoms with Crippen LogP contribution in [0.1, 0.15) is 44.1 Å². The molecule has 1 aromatic rings. The van der Waals surface area contributed by atoms with Crippen LogP contribution in [0.4, 0.5) is 0 Å². The molecule has 0 amide bonds. The van der Waals surface area contributed by atoms with Gasteiger partial charge in [0.05, 0.1) is 0 Å². The lowest BCUT2D eigenvalue weighted by atomic mass is 9.80. The Morgan fingerprint density at radius 1 is 1.57 bits per heavy atom. The van der Waals surface area contributed by atoms with Gasteiger partial charge < -0.3 is 10.7 Å². The number of imidazole rings is 1. The van der Waals surface area contributed by atoms with Crippen molar-refractivity contribution in [3.8, 4) is 0 Å².